The van der Waals surface area contributed by atoms with Gasteiger partial charge in [-0.15, -0.1) is 0 Å². The third-order valence-corrected chi connectivity index (χ3v) is 4.51. The fourth-order valence-electron chi connectivity index (χ4n) is 2.97. The normalized spacial score (nSPS) is 18.7. The molecule has 0 aliphatic carbocycles. The average molecular weight is 430 g/mol. The first-order valence-electron chi connectivity index (χ1n) is 9.27. The van der Waals surface area contributed by atoms with Crippen molar-refractivity contribution in [2.75, 3.05) is 6.54 Å². The molecule has 3 amide bonds. The fraction of sp³-hybridized carbons (Fsp3) is 0.647. The molecule has 7 N–H and O–H groups in total. The Bertz CT molecular complexity index is 709. The van der Waals surface area contributed by atoms with Crippen molar-refractivity contribution in [1.29, 1.82) is 0 Å². The number of amides is 3. The molecule has 1 heterocycles. The second-order valence-electron chi connectivity index (χ2n) is 6.97. The van der Waals surface area contributed by atoms with Gasteiger partial charge in [0.1, 0.15) is 18.1 Å². The van der Waals surface area contributed by atoms with Gasteiger partial charge in [0.15, 0.2) is 0 Å². The van der Waals surface area contributed by atoms with Gasteiger partial charge in [-0.25, -0.2) is 4.79 Å². The lowest BCUT2D eigenvalue weighted by atomic mass is 10.1. The smallest absolute Gasteiger partial charge is 0.326 e. The summed E-state index contributed by atoms with van der Waals surface area (Å²) in [6.45, 7) is 1.43. The van der Waals surface area contributed by atoms with Crippen LogP contribution < -0.4 is 16.4 Å². The summed E-state index contributed by atoms with van der Waals surface area (Å²) in [4.78, 5) is 71.5. The third-order valence-electron chi connectivity index (χ3n) is 4.51. The lowest BCUT2D eigenvalue weighted by molar-refractivity contribution is -0.150. The Hall–Kier alpha value is -3.22. The van der Waals surface area contributed by atoms with Crippen LogP contribution in [0.3, 0.4) is 0 Å². The van der Waals surface area contributed by atoms with Gasteiger partial charge in [0.25, 0.3) is 0 Å². The summed E-state index contributed by atoms with van der Waals surface area (Å²) in [5.41, 5.74) is 5.43. The molecule has 13 nitrogen and oxygen atoms in total. The molecular weight excluding hydrogens is 404 g/mol. The number of carbonyl (C=O) groups is 6. The maximum atomic E-state index is 12.7. The first-order valence-corrected chi connectivity index (χ1v) is 9.27. The first-order chi connectivity index (χ1) is 13.9. The standard InChI is InChI=1S/C17H26N4O9/c1-8(18)14(26)19-9(4-5-12(22)23)15(27)20-10(7-13(24)25)16(28)21-6-2-3-11(21)17(29)30/h8-11H,2-7,18H2,1H3,(H,19,26)(H,20,27)(H,22,23)(H,24,25)(H,29,30). The maximum Gasteiger partial charge on any atom is 0.326 e. The molecule has 1 aliphatic heterocycles. The number of nitrogens with zero attached hydrogens (tertiary/aromatic N) is 1. The molecule has 0 aromatic heterocycles. The minimum atomic E-state index is -1.59. The van der Waals surface area contributed by atoms with Crippen molar-refractivity contribution < 1.29 is 44.1 Å². The number of carboxylic acid groups (broad SMARTS) is 3. The number of carboxylic acids is 3. The van der Waals surface area contributed by atoms with E-state index in [9.17, 15) is 33.9 Å². The summed E-state index contributed by atoms with van der Waals surface area (Å²) in [5, 5.41) is 31.6. The lowest BCUT2D eigenvalue weighted by Crippen LogP contribution is -2.57. The monoisotopic (exact) mass is 430 g/mol. The molecule has 0 bridgehead atoms. The van der Waals surface area contributed by atoms with Crippen molar-refractivity contribution in [3.05, 3.63) is 0 Å². The molecule has 13 heteroatoms. The van der Waals surface area contributed by atoms with Gasteiger partial charge < -0.3 is 36.6 Å². The van der Waals surface area contributed by atoms with Crippen LogP contribution in [0.4, 0.5) is 0 Å². The van der Waals surface area contributed by atoms with E-state index < -0.39 is 72.6 Å². The first kappa shape index (κ1) is 24.8. The molecule has 1 rings (SSSR count). The number of aliphatic carboxylic acids is 3. The Morgan fingerprint density at radius 2 is 1.60 bits per heavy atom. The van der Waals surface area contributed by atoms with E-state index in [0.29, 0.717) is 6.42 Å². The summed E-state index contributed by atoms with van der Waals surface area (Å²) >= 11 is 0. The van der Waals surface area contributed by atoms with Crippen LogP contribution in [-0.2, 0) is 28.8 Å². The van der Waals surface area contributed by atoms with E-state index >= 15 is 0 Å². The zero-order chi connectivity index (χ0) is 23.0. The number of rotatable bonds is 11. The van der Waals surface area contributed by atoms with E-state index in [0.717, 1.165) is 4.90 Å². The van der Waals surface area contributed by atoms with Crippen molar-refractivity contribution in [2.45, 2.75) is 63.2 Å². The second-order valence-corrected chi connectivity index (χ2v) is 6.97. The molecule has 1 saturated heterocycles. The molecule has 30 heavy (non-hydrogen) atoms. The lowest BCUT2D eigenvalue weighted by Gasteiger charge is -2.28. The number of likely N-dealkylation sites (tertiary alicyclic amines) is 1. The molecule has 0 radical (unpaired) electrons. The van der Waals surface area contributed by atoms with Crippen LogP contribution in [0.25, 0.3) is 0 Å². The van der Waals surface area contributed by atoms with Gasteiger partial charge in [-0.1, -0.05) is 0 Å². The molecule has 168 valence electrons. The van der Waals surface area contributed by atoms with Gasteiger partial charge in [0.05, 0.1) is 12.5 Å². The number of nitrogens with one attached hydrogen (secondary N) is 2. The minimum absolute atomic E-state index is 0.0889. The van der Waals surface area contributed by atoms with Gasteiger partial charge in [0.2, 0.25) is 17.7 Å². The van der Waals surface area contributed by atoms with Crippen molar-refractivity contribution in [3.8, 4) is 0 Å². The zero-order valence-electron chi connectivity index (χ0n) is 16.4. The topological polar surface area (TPSA) is 216 Å². The molecule has 0 aromatic rings. The predicted molar refractivity (Wildman–Crippen MR) is 99.0 cm³/mol. The highest BCUT2D eigenvalue weighted by Crippen LogP contribution is 2.19. The molecule has 0 aromatic carbocycles. The molecular formula is C17H26N4O9. The van der Waals surface area contributed by atoms with Gasteiger partial charge in [-0.2, -0.15) is 0 Å². The third kappa shape index (κ3) is 7.31. The largest absolute Gasteiger partial charge is 0.481 e. The highest BCUT2D eigenvalue weighted by molar-refractivity contribution is 5.95. The van der Waals surface area contributed by atoms with Gasteiger partial charge in [0, 0.05) is 13.0 Å². The summed E-state index contributed by atoms with van der Waals surface area (Å²) in [7, 11) is 0. The van der Waals surface area contributed by atoms with E-state index in [1.54, 1.807) is 0 Å². The summed E-state index contributed by atoms with van der Waals surface area (Å²) in [6.07, 6.45) is -1.03. The molecule has 0 saturated carbocycles. The van der Waals surface area contributed by atoms with E-state index in [1.165, 1.54) is 6.92 Å². The zero-order valence-corrected chi connectivity index (χ0v) is 16.4. The van der Waals surface area contributed by atoms with Crippen LogP contribution in [0.5, 0.6) is 0 Å². The highest BCUT2D eigenvalue weighted by atomic mass is 16.4. The molecule has 4 unspecified atom stereocenters. The summed E-state index contributed by atoms with van der Waals surface area (Å²) < 4.78 is 0. The quantitative estimate of drug-likeness (QED) is 0.206. The molecule has 0 spiro atoms. The van der Waals surface area contributed by atoms with Crippen LogP contribution in [-0.4, -0.2) is 86.6 Å². The Labute approximate surface area is 171 Å². The van der Waals surface area contributed by atoms with Crippen molar-refractivity contribution in [3.63, 3.8) is 0 Å². The predicted octanol–water partition coefficient (Wildman–Crippen LogP) is -2.28. The fourth-order valence-corrected chi connectivity index (χ4v) is 2.97. The Morgan fingerprint density at radius 1 is 1.00 bits per heavy atom. The minimum Gasteiger partial charge on any atom is -0.481 e. The maximum absolute atomic E-state index is 12.7. The number of hydrogen-bond donors (Lipinski definition) is 6. The van der Waals surface area contributed by atoms with Crippen LogP contribution in [0.2, 0.25) is 0 Å². The molecule has 4 atom stereocenters. The molecule has 1 aliphatic rings. The van der Waals surface area contributed by atoms with Crippen molar-refractivity contribution in [2.24, 2.45) is 5.73 Å². The van der Waals surface area contributed by atoms with Gasteiger partial charge in [-0.3, -0.25) is 24.0 Å². The number of hydrogen-bond acceptors (Lipinski definition) is 7. The Kier molecular flexibility index (Phi) is 9.17. The highest BCUT2D eigenvalue weighted by Gasteiger charge is 2.39. The van der Waals surface area contributed by atoms with Gasteiger partial charge in [-0.05, 0) is 26.2 Å². The van der Waals surface area contributed by atoms with E-state index in [1.807, 2.05) is 0 Å². The van der Waals surface area contributed by atoms with E-state index in [-0.39, 0.29) is 19.4 Å². The van der Waals surface area contributed by atoms with E-state index in [2.05, 4.69) is 10.6 Å². The second kappa shape index (κ2) is 11.1. The number of nitrogens with two attached hydrogens (primary N) is 1. The van der Waals surface area contributed by atoms with Crippen molar-refractivity contribution in [1.82, 2.24) is 15.5 Å². The molecule has 1 fully saturated rings. The Morgan fingerprint density at radius 3 is 2.10 bits per heavy atom. The average Bonchev–Trinajstić information content (AvgIpc) is 3.12. The van der Waals surface area contributed by atoms with Crippen LogP contribution in [0, 0.1) is 0 Å². The van der Waals surface area contributed by atoms with Crippen molar-refractivity contribution >= 4 is 35.6 Å². The summed E-state index contributed by atoms with van der Waals surface area (Å²) in [6, 6.07) is -5.10. The van der Waals surface area contributed by atoms with Crippen LogP contribution in [0.1, 0.15) is 39.0 Å². The number of carbonyl (C=O) groups excluding carboxylic acids is 3. The van der Waals surface area contributed by atoms with Gasteiger partial charge >= 0.3 is 17.9 Å². The van der Waals surface area contributed by atoms with Crippen LogP contribution >= 0.6 is 0 Å². The summed E-state index contributed by atoms with van der Waals surface area (Å²) in [5.74, 6) is -6.50. The Balaban J connectivity index is 3.00. The van der Waals surface area contributed by atoms with E-state index in [4.69, 9.17) is 15.9 Å². The van der Waals surface area contributed by atoms with Crippen LogP contribution in [0.15, 0.2) is 0 Å². The SMILES string of the molecule is CC(N)C(=O)NC(CCC(=O)O)C(=O)NC(CC(=O)O)C(=O)N1CCCC1C(=O)O.